The molecule has 3 atom stereocenters. The molecule has 0 heterocycles. The lowest BCUT2D eigenvalue weighted by Crippen LogP contribution is -2.46. The van der Waals surface area contributed by atoms with E-state index in [9.17, 15) is 19.8 Å². The van der Waals surface area contributed by atoms with Crippen molar-refractivity contribution in [3.63, 3.8) is 0 Å². The number of carbonyl (C=O) groups is 2. The predicted octanol–water partition coefficient (Wildman–Crippen LogP) is 16.8. The third kappa shape index (κ3) is 46.4. The largest absolute Gasteiger partial charge is 0.462 e. The molecule has 0 aliphatic rings. The molecule has 0 aromatic heterocycles. The molecule has 0 saturated carbocycles. The Bertz CT molecular complexity index is 1040. The Balaban J connectivity index is 4.48. The van der Waals surface area contributed by atoms with Crippen molar-refractivity contribution in [1.29, 1.82) is 0 Å². The maximum Gasteiger partial charge on any atom is 0.306 e. The van der Waals surface area contributed by atoms with Gasteiger partial charge in [-0.25, -0.2) is 0 Å². The molecule has 3 unspecified atom stereocenters. The van der Waals surface area contributed by atoms with Crippen LogP contribution in [0.2, 0.25) is 0 Å². The SMILES string of the molecule is CC/C=C/C/C=C/CCCCCCCC(CC(=O)NC(CO)C(O)CCCCCCCCCCCCCCC)OC(=O)CCCCCCCCCCC/C=C/CCCCCCCC. The summed E-state index contributed by atoms with van der Waals surface area (Å²) in [6.07, 6.45) is 60.7. The van der Waals surface area contributed by atoms with Gasteiger partial charge in [-0.15, -0.1) is 0 Å². The lowest BCUT2D eigenvalue weighted by atomic mass is 10.0. The Morgan fingerprint density at radius 1 is 0.476 bits per heavy atom. The van der Waals surface area contributed by atoms with Crippen molar-refractivity contribution in [2.75, 3.05) is 6.61 Å². The number of aliphatic hydroxyl groups is 2. The van der Waals surface area contributed by atoms with Crippen molar-refractivity contribution < 1.29 is 24.5 Å². The normalized spacial score (nSPS) is 13.4. The zero-order valence-corrected chi connectivity index (χ0v) is 42.2. The summed E-state index contributed by atoms with van der Waals surface area (Å²) in [5, 5.41) is 23.8. The van der Waals surface area contributed by atoms with E-state index in [0.717, 1.165) is 77.0 Å². The van der Waals surface area contributed by atoms with Crippen LogP contribution in [0.25, 0.3) is 0 Å². The van der Waals surface area contributed by atoms with Crippen LogP contribution in [-0.2, 0) is 14.3 Å². The number of hydrogen-bond donors (Lipinski definition) is 3. The minimum absolute atomic E-state index is 0.0699. The van der Waals surface area contributed by atoms with E-state index >= 15 is 0 Å². The Labute approximate surface area is 392 Å². The molecule has 0 aliphatic heterocycles. The van der Waals surface area contributed by atoms with Gasteiger partial charge in [0.2, 0.25) is 5.91 Å². The van der Waals surface area contributed by atoms with Gasteiger partial charge in [0, 0.05) is 6.42 Å². The van der Waals surface area contributed by atoms with E-state index in [1.807, 2.05) is 0 Å². The van der Waals surface area contributed by atoms with Gasteiger partial charge in [-0.2, -0.15) is 0 Å². The quantitative estimate of drug-likeness (QED) is 0.0321. The number of amides is 1. The molecule has 0 saturated heterocycles. The molecule has 0 aromatic carbocycles. The fourth-order valence-electron chi connectivity index (χ4n) is 8.52. The fraction of sp³-hybridized carbons (Fsp3) is 0.860. The van der Waals surface area contributed by atoms with E-state index in [-0.39, 0.29) is 24.9 Å². The minimum atomic E-state index is -0.790. The summed E-state index contributed by atoms with van der Waals surface area (Å²) in [5.41, 5.74) is 0. The molecule has 0 fully saturated rings. The van der Waals surface area contributed by atoms with Crippen LogP contribution in [0.1, 0.15) is 290 Å². The lowest BCUT2D eigenvalue weighted by molar-refractivity contribution is -0.151. The topological polar surface area (TPSA) is 95.9 Å². The molecule has 6 heteroatoms. The number of rotatable bonds is 50. The highest BCUT2D eigenvalue weighted by molar-refractivity contribution is 5.77. The number of esters is 1. The van der Waals surface area contributed by atoms with E-state index in [2.05, 4.69) is 62.5 Å². The van der Waals surface area contributed by atoms with Crippen LogP contribution in [-0.4, -0.2) is 46.9 Å². The summed E-state index contributed by atoms with van der Waals surface area (Å²) >= 11 is 0. The molecule has 0 aliphatic carbocycles. The van der Waals surface area contributed by atoms with Gasteiger partial charge < -0.3 is 20.3 Å². The fourth-order valence-corrected chi connectivity index (χ4v) is 8.52. The predicted molar refractivity (Wildman–Crippen MR) is 273 cm³/mol. The van der Waals surface area contributed by atoms with Gasteiger partial charge in [0.05, 0.1) is 25.2 Å². The monoisotopic (exact) mass is 886 g/mol. The lowest BCUT2D eigenvalue weighted by Gasteiger charge is -2.24. The summed E-state index contributed by atoms with van der Waals surface area (Å²) in [6, 6.07) is -0.704. The average Bonchev–Trinajstić information content (AvgIpc) is 3.28. The molecule has 0 spiro atoms. The van der Waals surface area contributed by atoms with E-state index in [0.29, 0.717) is 19.3 Å². The highest BCUT2D eigenvalue weighted by Crippen LogP contribution is 2.18. The summed E-state index contributed by atoms with van der Waals surface area (Å²) in [5.74, 6) is -0.479. The summed E-state index contributed by atoms with van der Waals surface area (Å²) in [6.45, 7) is 6.39. The zero-order chi connectivity index (χ0) is 45.9. The maximum absolute atomic E-state index is 13.2. The molecule has 1 amide bonds. The van der Waals surface area contributed by atoms with Gasteiger partial charge in [-0.1, -0.05) is 237 Å². The molecule has 0 aromatic rings. The molecular formula is C57H107NO5. The second-order valence-electron chi connectivity index (χ2n) is 19.0. The zero-order valence-electron chi connectivity index (χ0n) is 42.2. The minimum Gasteiger partial charge on any atom is -0.462 e. The first-order valence-electron chi connectivity index (χ1n) is 27.7. The van der Waals surface area contributed by atoms with Crippen molar-refractivity contribution in [3.8, 4) is 0 Å². The molecule has 0 rings (SSSR count). The number of allylic oxidation sites excluding steroid dienone is 6. The Hall–Kier alpha value is -1.92. The number of nitrogens with one attached hydrogen (secondary N) is 1. The second-order valence-corrected chi connectivity index (χ2v) is 19.0. The summed E-state index contributed by atoms with van der Waals surface area (Å²) < 4.78 is 5.94. The molecule has 6 nitrogen and oxygen atoms in total. The van der Waals surface area contributed by atoms with Crippen LogP contribution < -0.4 is 5.32 Å². The van der Waals surface area contributed by atoms with Crippen molar-refractivity contribution in [2.24, 2.45) is 0 Å². The third-order valence-corrected chi connectivity index (χ3v) is 12.7. The summed E-state index contributed by atoms with van der Waals surface area (Å²) in [4.78, 5) is 26.2. The number of hydrogen-bond acceptors (Lipinski definition) is 5. The Kier molecular flexibility index (Phi) is 49.5. The van der Waals surface area contributed by atoms with Crippen molar-refractivity contribution in [1.82, 2.24) is 5.32 Å². The van der Waals surface area contributed by atoms with Crippen LogP contribution in [0.15, 0.2) is 36.5 Å². The molecule has 3 N–H and O–H groups in total. The van der Waals surface area contributed by atoms with E-state index < -0.39 is 18.2 Å². The number of carbonyl (C=O) groups excluding carboxylic acids is 2. The van der Waals surface area contributed by atoms with E-state index in [1.54, 1.807) is 0 Å². The van der Waals surface area contributed by atoms with Crippen molar-refractivity contribution in [2.45, 2.75) is 309 Å². The molecule has 63 heavy (non-hydrogen) atoms. The van der Waals surface area contributed by atoms with Gasteiger partial charge in [-0.3, -0.25) is 9.59 Å². The molecule has 0 bridgehead atoms. The van der Waals surface area contributed by atoms with Crippen LogP contribution in [0.4, 0.5) is 0 Å². The number of aliphatic hydroxyl groups excluding tert-OH is 2. The standard InChI is InChI=1S/C57H107NO5/c1-4-7-10-13-16-19-22-25-26-27-28-29-30-32-35-38-41-44-47-50-57(62)63-53(48-45-42-39-36-33-24-21-18-15-12-9-6-3)51-56(61)58-54(52-59)55(60)49-46-43-40-37-34-31-23-20-17-14-11-8-5-2/h9,12,18,21,25-26,53-55,59-60H,4-8,10-11,13-17,19-20,22-24,27-52H2,1-3H3,(H,58,61)/b12-9+,21-18+,26-25+. The first-order valence-corrected chi connectivity index (χ1v) is 27.7. The molecular weight excluding hydrogens is 779 g/mol. The van der Waals surface area contributed by atoms with Gasteiger partial charge in [-0.05, 0) is 77.0 Å². The first kappa shape index (κ1) is 61.1. The Morgan fingerprint density at radius 2 is 0.857 bits per heavy atom. The summed E-state index contributed by atoms with van der Waals surface area (Å²) in [7, 11) is 0. The van der Waals surface area contributed by atoms with Crippen LogP contribution in [0.3, 0.4) is 0 Å². The maximum atomic E-state index is 13.2. The number of unbranched alkanes of at least 4 members (excludes halogenated alkanes) is 32. The smallest absolute Gasteiger partial charge is 0.306 e. The van der Waals surface area contributed by atoms with Crippen molar-refractivity contribution in [3.05, 3.63) is 36.5 Å². The third-order valence-electron chi connectivity index (χ3n) is 12.7. The number of ether oxygens (including phenoxy) is 1. The Morgan fingerprint density at radius 3 is 1.30 bits per heavy atom. The van der Waals surface area contributed by atoms with Crippen LogP contribution >= 0.6 is 0 Å². The van der Waals surface area contributed by atoms with Crippen LogP contribution in [0, 0.1) is 0 Å². The van der Waals surface area contributed by atoms with E-state index in [4.69, 9.17) is 4.74 Å². The molecule has 370 valence electrons. The van der Waals surface area contributed by atoms with Crippen LogP contribution in [0.5, 0.6) is 0 Å². The highest BCUT2D eigenvalue weighted by atomic mass is 16.5. The molecule has 0 radical (unpaired) electrons. The average molecular weight is 886 g/mol. The van der Waals surface area contributed by atoms with Gasteiger partial charge >= 0.3 is 5.97 Å². The van der Waals surface area contributed by atoms with Gasteiger partial charge in [0.1, 0.15) is 6.10 Å². The first-order chi connectivity index (χ1) is 31.0. The van der Waals surface area contributed by atoms with Gasteiger partial charge in [0.25, 0.3) is 0 Å². The highest BCUT2D eigenvalue weighted by Gasteiger charge is 2.24. The van der Waals surface area contributed by atoms with Crippen molar-refractivity contribution >= 4 is 11.9 Å². The van der Waals surface area contributed by atoms with Gasteiger partial charge in [0.15, 0.2) is 0 Å². The second kappa shape index (κ2) is 51.1. The van der Waals surface area contributed by atoms with E-state index in [1.165, 1.54) is 167 Å².